The third kappa shape index (κ3) is 2.37. The fraction of sp³-hybridized carbons (Fsp3) is 0.714. The molecule has 0 aromatic carbocycles. The number of alkyl halides is 3. The lowest BCUT2D eigenvalue weighted by molar-refractivity contribution is -0.351. The van der Waals surface area contributed by atoms with Crippen LogP contribution in [0.4, 0.5) is 18.0 Å². The lowest BCUT2D eigenvalue weighted by atomic mass is 9.44. The van der Waals surface area contributed by atoms with E-state index in [2.05, 4.69) is 15.0 Å². The largest absolute Gasteiger partial charge is 0.522 e. The van der Waals surface area contributed by atoms with Crippen molar-refractivity contribution in [3.05, 3.63) is 18.2 Å². The predicted molar refractivity (Wildman–Crippen MR) is 70.8 cm³/mol. The van der Waals surface area contributed by atoms with E-state index in [1.165, 1.54) is 0 Å². The highest BCUT2D eigenvalue weighted by Crippen LogP contribution is 2.65. The summed E-state index contributed by atoms with van der Waals surface area (Å²) in [5.74, 6) is 0.00190. The molecule has 0 radical (unpaired) electrons. The molecule has 2 bridgehead atoms. The van der Waals surface area contributed by atoms with Crippen LogP contribution < -0.4 is 5.32 Å². The van der Waals surface area contributed by atoms with Crippen LogP contribution in [0.2, 0.25) is 0 Å². The third-order valence-electron chi connectivity index (χ3n) is 5.34. The molecule has 0 spiro atoms. The molecule has 1 amide bonds. The van der Waals surface area contributed by atoms with E-state index >= 15 is 0 Å². The van der Waals surface area contributed by atoms with Gasteiger partial charge in [0.1, 0.15) is 0 Å². The summed E-state index contributed by atoms with van der Waals surface area (Å²) in [6.45, 7) is 0. The highest BCUT2D eigenvalue weighted by atomic mass is 19.4. The molecule has 4 aliphatic rings. The van der Waals surface area contributed by atoms with Gasteiger partial charge in [-0.05, 0) is 32.1 Å². The standard InChI is InChI=1S/C14H16F3N3O3/c15-14(16,17)23-9-1-8(2-9)10-3-20(7-18-10)13-4-12(5-13,6-13)19-11(21)22/h3,7-9,19H,1-2,4-6H2,(H,21,22)/t8-,9+,12?,13?. The Bertz CT molecular complexity index is 631. The molecule has 1 aromatic heterocycles. The number of amides is 1. The number of hydrogen-bond acceptors (Lipinski definition) is 3. The van der Waals surface area contributed by atoms with Crippen molar-refractivity contribution in [3.8, 4) is 0 Å². The van der Waals surface area contributed by atoms with Crippen LogP contribution in [0.25, 0.3) is 0 Å². The number of halogens is 3. The van der Waals surface area contributed by atoms with E-state index in [1.54, 1.807) is 6.33 Å². The molecule has 4 fully saturated rings. The van der Waals surface area contributed by atoms with Gasteiger partial charge in [-0.3, -0.25) is 4.74 Å². The normalized spacial score (nSPS) is 38.2. The number of nitrogens with one attached hydrogen (secondary N) is 1. The minimum absolute atomic E-state index is 0.00190. The first-order chi connectivity index (χ1) is 10.7. The number of ether oxygens (including phenoxy) is 1. The van der Waals surface area contributed by atoms with Crippen LogP contribution in [0.3, 0.4) is 0 Å². The predicted octanol–water partition coefficient (Wildman–Crippen LogP) is 2.56. The fourth-order valence-corrected chi connectivity index (χ4v) is 4.27. The second kappa shape index (κ2) is 4.40. The van der Waals surface area contributed by atoms with Gasteiger partial charge in [0.15, 0.2) is 0 Å². The summed E-state index contributed by atoms with van der Waals surface area (Å²) in [5, 5.41) is 11.3. The summed E-state index contributed by atoms with van der Waals surface area (Å²) in [5.41, 5.74) is 0.425. The lowest BCUT2D eigenvalue weighted by Gasteiger charge is -2.70. The SMILES string of the molecule is O=C(O)NC12CC(n3cnc([C@H]4C[C@@H](OC(F)(F)F)C4)c3)(C1)C2. The van der Waals surface area contributed by atoms with E-state index in [1.807, 2.05) is 10.8 Å². The molecule has 1 aromatic rings. The third-order valence-corrected chi connectivity index (χ3v) is 5.34. The molecule has 126 valence electrons. The second-order valence-corrected chi connectivity index (χ2v) is 7.02. The Labute approximate surface area is 129 Å². The van der Waals surface area contributed by atoms with Crippen LogP contribution >= 0.6 is 0 Å². The van der Waals surface area contributed by atoms with E-state index in [0.29, 0.717) is 12.8 Å². The molecule has 0 aliphatic heterocycles. The zero-order valence-electron chi connectivity index (χ0n) is 12.1. The zero-order chi connectivity index (χ0) is 16.5. The fourth-order valence-electron chi connectivity index (χ4n) is 4.27. The van der Waals surface area contributed by atoms with Gasteiger partial charge in [-0.15, -0.1) is 13.2 Å². The number of carboxylic acid groups (broad SMARTS) is 1. The van der Waals surface area contributed by atoms with Gasteiger partial charge >= 0.3 is 12.5 Å². The summed E-state index contributed by atoms with van der Waals surface area (Å²) in [7, 11) is 0. The van der Waals surface area contributed by atoms with Crippen LogP contribution in [0, 0.1) is 0 Å². The van der Waals surface area contributed by atoms with Gasteiger partial charge in [0.05, 0.1) is 29.2 Å². The van der Waals surface area contributed by atoms with Gasteiger partial charge in [-0.25, -0.2) is 9.78 Å². The van der Waals surface area contributed by atoms with Crippen LogP contribution in [-0.2, 0) is 10.3 Å². The first-order valence-corrected chi connectivity index (χ1v) is 7.49. The van der Waals surface area contributed by atoms with Gasteiger partial charge in [-0.2, -0.15) is 0 Å². The number of carbonyl (C=O) groups is 1. The highest BCUT2D eigenvalue weighted by molar-refractivity contribution is 5.67. The number of imidazole rings is 1. The molecule has 1 heterocycles. The molecular weight excluding hydrogens is 315 g/mol. The Morgan fingerprint density at radius 3 is 2.61 bits per heavy atom. The van der Waals surface area contributed by atoms with Crippen molar-refractivity contribution in [1.29, 1.82) is 0 Å². The average Bonchev–Trinajstić information content (AvgIpc) is 2.73. The first-order valence-electron chi connectivity index (χ1n) is 7.49. The molecule has 9 heteroatoms. The van der Waals surface area contributed by atoms with E-state index in [-0.39, 0.29) is 17.0 Å². The molecule has 2 N–H and O–H groups in total. The topological polar surface area (TPSA) is 76.4 Å². The van der Waals surface area contributed by atoms with Crippen molar-refractivity contribution in [3.63, 3.8) is 0 Å². The summed E-state index contributed by atoms with van der Waals surface area (Å²) in [4.78, 5) is 15.0. The van der Waals surface area contributed by atoms with Crippen LogP contribution in [-0.4, -0.2) is 38.8 Å². The molecule has 5 rings (SSSR count). The van der Waals surface area contributed by atoms with Gasteiger partial charge in [-0.1, -0.05) is 0 Å². The van der Waals surface area contributed by atoms with E-state index in [4.69, 9.17) is 5.11 Å². The molecule has 0 saturated heterocycles. The number of rotatable bonds is 4. The second-order valence-electron chi connectivity index (χ2n) is 7.02. The Hall–Kier alpha value is -1.77. The van der Waals surface area contributed by atoms with E-state index in [0.717, 1.165) is 25.0 Å². The molecule has 0 unspecified atom stereocenters. The van der Waals surface area contributed by atoms with Crippen LogP contribution in [0.15, 0.2) is 12.5 Å². The Kier molecular flexibility index (Phi) is 2.83. The minimum atomic E-state index is -4.58. The van der Waals surface area contributed by atoms with Gasteiger partial charge < -0.3 is 15.0 Å². The highest BCUT2D eigenvalue weighted by Gasteiger charge is 2.69. The molecule has 6 nitrogen and oxygen atoms in total. The Balaban J connectivity index is 1.33. The minimum Gasteiger partial charge on any atom is -0.465 e. The van der Waals surface area contributed by atoms with Crippen molar-refractivity contribution in [2.75, 3.05) is 0 Å². The maximum atomic E-state index is 12.1. The quantitative estimate of drug-likeness (QED) is 0.889. The van der Waals surface area contributed by atoms with Gasteiger partial charge in [0, 0.05) is 12.1 Å². The summed E-state index contributed by atoms with van der Waals surface area (Å²) < 4.78 is 42.3. The van der Waals surface area contributed by atoms with Crippen molar-refractivity contribution < 1.29 is 27.8 Å². The molecular formula is C14H16F3N3O3. The molecule has 0 atom stereocenters. The maximum absolute atomic E-state index is 12.1. The smallest absolute Gasteiger partial charge is 0.465 e. The van der Waals surface area contributed by atoms with E-state index in [9.17, 15) is 18.0 Å². The number of aromatic nitrogens is 2. The van der Waals surface area contributed by atoms with Crippen LogP contribution in [0.5, 0.6) is 0 Å². The molecule has 4 aliphatic carbocycles. The Morgan fingerprint density at radius 1 is 1.39 bits per heavy atom. The van der Waals surface area contributed by atoms with Crippen molar-refractivity contribution >= 4 is 6.09 Å². The first kappa shape index (κ1) is 14.8. The van der Waals surface area contributed by atoms with Gasteiger partial charge in [0.25, 0.3) is 0 Å². The summed E-state index contributed by atoms with van der Waals surface area (Å²) in [6, 6.07) is 0. The van der Waals surface area contributed by atoms with Gasteiger partial charge in [0.2, 0.25) is 0 Å². The van der Waals surface area contributed by atoms with Crippen LogP contribution in [0.1, 0.15) is 43.7 Å². The molecule has 23 heavy (non-hydrogen) atoms. The van der Waals surface area contributed by atoms with Crippen molar-refractivity contribution in [2.45, 2.75) is 61.6 Å². The zero-order valence-corrected chi connectivity index (χ0v) is 12.1. The maximum Gasteiger partial charge on any atom is 0.522 e. The monoisotopic (exact) mass is 331 g/mol. The lowest BCUT2D eigenvalue weighted by Crippen LogP contribution is -2.78. The average molecular weight is 331 g/mol. The summed E-state index contributed by atoms with van der Waals surface area (Å²) >= 11 is 0. The Morgan fingerprint density at radius 2 is 2.04 bits per heavy atom. The summed E-state index contributed by atoms with van der Waals surface area (Å²) in [6.07, 6.45) is 0.119. The van der Waals surface area contributed by atoms with Crippen molar-refractivity contribution in [1.82, 2.24) is 14.9 Å². The van der Waals surface area contributed by atoms with E-state index < -0.39 is 18.6 Å². The number of nitrogens with zero attached hydrogens (tertiary/aromatic N) is 2. The number of hydrogen-bond donors (Lipinski definition) is 2. The van der Waals surface area contributed by atoms with Crippen molar-refractivity contribution in [2.24, 2.45) is 0 Å². The molecule has 4 saturated carbocycles.